The number of amides is 1. The molecule has 0 bridgehead atoms. The molecular weight excluding hydrogens is 324 g/mol. The fourth-order valence-electron chi connectivity index (χ4n) is 4.04. The molecule has 1 amide bonds. The maximum Gasteiger partial charge on any atom is 0.241 e. The van der Waals surface area contributed by atoms with Crippen molar-refractivity contribution >= 4 is 11.9 Å². The molecule has 1 N–H and O–H groups in total. The van der Waals surface area contributed by atoms with Gasteiger partial charge in [0.2, 0.25) is 5.91 Å². The Bertz CT molecular complexity index is 587. The Morgan fingerprint density at radius 1 is 1.04 bits per heavy atom. The number of guanidine groups is 1. The van der Waals surface area contributed by atoms with E-state index < -0.39 is 0 Å². The molecule has 26 heavy (non-hydrogen) atoms. The van der Waals surface area contributed by atoms with E-state index in [-0.39, 0.29) is 5.91 Å². The van der Waals surface area contributed by atoms with Crippen LogP contribution in [-0.4, -0.2) is 61.4 Å². The molecule has 2 saturated heterocycles. The molecule has 0 spiro atoms. The van der Waals surface area contributed by atoms with E-state index in [4.69, 9.17) is 0 Å². The number of nitrogens with one attached hydrogen (secondary N) is 1. The molecule has 1 aromatic carbocycles. The van der Waals surface area contributed by atoms with Gasteiger partial charge in [-0.3, -0.25) is 9.79 Å². The molecule has 0 saturated carbocycles. The summed E-state index contributed by atoms with van der Waals surface area (Å²) >= 11 is 0. The van der Waals surface area contributed by atoms with Gasteiger partial charge in [-0.1, -0.05) is 30.3 Å². The first kappa shape index (κ1) is 18.7. The van der Waals surface area contributed by atoms with Gasteiger partial charge in [-0.25, -0.2) is 0 Å². The normalized spacial score (nSPS) is 19.5. The van der Waals surface area contributed by atoms with Crippen LogP contribution in [0.15, 0.2) is 35.3 Å². The molecule has 1 aromatic rings. The predicted molar refractivity (Wildman–Crippen MR) is 106 cm³/mol. The van der Waals surface area contributed by atoms with Crippen LogP contribution in [0, 0.1) is 5.92 Å². The zero-order valence-electron chi connectivity index (χ0n) is 16.0. The Morgan fingerprint density at radius 3 is 2.38 bits per heavy atom. The summed E-state index contributed by atoms with van der Waals surface area (Å²) in [7, 11) is 1.81. The summed E-state index contributed by atoms with van der Waals surface area (Å²) in [6, 6.07) is 10.8. The van der Waals surface area contributed by atoms with Crippen molar-refractivity contribution in [1.29, 1.82) is 0 Å². The average Bonchev–Trinajstić information content (AvgIpc) is 2.71. The second-order valence-corrected chi connectivity index (χ2v) is 7.46. The van der Waals surface area contributed by atoms with E-state index >= 15 is 0 Å². The van der Waals surface area contributed by atoms with Crippen molar-refractivity contribution in [3.05, 3.63) is 35.9 Å². The Morgan fingerprint density at radius 2 is 1.73 bits per heavy atom. The topological polar surface area (TPSA) is 47.9 Å². The van der Waals surface area contributed by atoms with Crippen LogP contribution < -0.4 is 5.32 Å². The van der Waals surface area contributed by atoms with Gasteiger partial charge in [-0.05, 0) is 50.0 Å². The van der Waals surface area contributed by atoms with Crippen LogP contribution >= 0.6 is 0 Å². The smallest absolute Gasteiger partial charge is 0.241 e. The summed E-state index contributed by atoms with van der Waals surface area (Å²) in [4.78, 5) is 21.0. The fraction of sp³-hybridized carbons (Fsp3) is 0.619. The maximum absolute atomic E-state index is 12.3. The number of carbonyl (C=O) groups is 1. The molecule has 0 unspecified atom stereocenters. The maximum atomic E-state index is 12.3. The van der Waals surface area contributed by atoms with Gasteiger partial charge < -0.3 is 15.1 Å². The van der Waals surface area contributed by atoms with Gasteiger partial charge in [0.05, 0.1) is 6.54 Å². The van der Waals surface area contributed by atoms with Gasteiger partial charge in [0.15, 0.2) is 5.96 Å². The highest BCUT2D eigenvalue weighted by Crippen LogP contribution is 2.21. The number of likely N-dealkylation sites (tertiary alicyclic amines) is 2. The average molecular weight is 357 g/mol. The van der Waals surface area contributed by atoms with E-state index in [0.29, 0.717) is 6.54 Å². The molecule has 2 aliphatic rings. The lowest BCUT2D eigenvalue weighted by atomic mass is 9.90. The summed E-state index contributed by atoms with van der Waals surface area (Å²) in [5.41, 5.74) is 1.43. The highest BCUT2D eigenvalue weighted by molar-refractivity contribution is 5.86. The second kappa shape index (κ2) is 9.60. The van der Waals surface area contributed by atoms with E-state index in [1.807, 2.05) is 11.9 Å². The summed E-state index contributed by atoms with van der Waals surface area (Å²) in [6.45, 7) is 4.19. The molecule has 5 nitrogen and oxygen atoms in total. The summed E-state index contributed by atoms with van der Waals surface area (Å²) < 4.78 is 0. The van der Waals surface area contributed by atoms with Crippen molar-refractivity contribution in [2.45, 2.75) is 38.5 Å². The summed E-state index contributed by atoms with van der Waals surface area (Å²) in [5.74, 6) is 1.81. The third kappa shape index (κ3) is 5.23. The van der Waals surface area contributed by atoms with E-state index in [1.165, 1.54) is 24.8 Å². The Balaban J connectivity index is 1.42. The Labute approximate surface area is 157 Å². The quantitative estimate of drug-likeness (QED) is 0.666. The lowest BCUT2D eigenvalue weighted by molar-refractivity contribution is -0.130. The molecule has 2 aliphatic heterocycles. The van der Waals surface area contributed by atoms with Crippen LogP contribution in [0.2, 0.25) is 0 Å². The van der Waals surface area contributed by atoms with E-state index in [9.17, 15) is 4.79 Å². The van der Waals surface area contributed by atoms with Crippen LogP contribution in [0.5, 0.6) is 0 Å². The zero-order chi connectivity index (χ0) is 18.2. The third-order valence-corrected chi connectivity index (χ3v) is 5.60. The predicted octanol–water partition coefficient (Wildman–Crippen LogP) is 2.53. The first-order chi connectivity index (χ1) is 12.8. The van der Waals surface area contributed by atoms with E-state index in [2.05, 4.69) is 45.5 Å². The number of rotatable bonds is 4. The van der Waals surface area contributed by atoms with Crippen molar-refractivity contribution in [3.63, 3.8) is 0 Å². The van der Waals surface area contributed by atoms with Gasteiger partial charge in [-0.15, -0.1) is 0 Å². The summed E-state index contributed by atoms with van der Waals surface area (Å²) in [5, 5.41) is 3.29. The number of aliphatic imine (C=N–C) groups is 1. The van der Waals surface area contributed by atoms with Crippen LogP contribution in [0.3, 0.4) is 0 Å². The molecule has 0 atom stereocenters. The number of benzene rings is 1. The zero-order valence-corrected chi connectivity index (χ0v) is 16.0. The van der Waals surface area contributed by atoms with Crippen LogP contribution in [0.1, 0.15) is 37.7 Å². The lowest BCUT2D eigenvalue weighted by Crippen LogP contribution is -2.49. The Kier molecular flexibility index (Phi) is 6.92. The number of nitrogens with zero attached hydrogens (tertiary/aromatic N) is 3. The first-order valence-corrected chi connectivity index (χ1v) is 10.0. The molecule has 0 aromatic heterocycles. The van der Waals surface area contributed by atoms with Crippen LogP contribution in [0.4, 0.5) is 0 Å². The van der Waals surface area contributed by atoms with Crippen LogP contribution in [-0.2, 0) is 11.2 Å². The van der Waals surface area contributed by atoms with Crippen molar-refractivity contribution in [3.8, 4) is 0 Å². The van der Waals surface area contributed by atoms with Gasteiger partial charge in [0.25, 0.3) is 0 Å². The molecule has 5 heteroatoms. The number of hydrogen-bond acceptors (Lipinski definition) is 2. The Hall–Kier alpha value is -2.04. The molecule has 2 fully saturated rings. The lowest BCUT2D eigenvalue weighted by Gasteiger charge is -2.34. The SMILES string of the molecule is CN=C(NCC(=O)N1CCCCC1)N1CCC(Cc2ccccc2)CC1. The molecule has 2 heterocycles. The molecule has 3 rings (SSSR count). The van der Waals surface area contributed by atoms with Gasteiger partial charge in [-0.2, -0.15) is 0 Å². The second-order valence-electron chi connectivity index (χ2n) is 7.46. The van der Waals surface area contributed by atoms with E-state index in [0.717, 1.165) is 57.3 Å². The highest BCUT2D eigenvalue weighted by Gasteiger charge is 2.23. The minimum Gasteiger partial charge on any atom is -0.347 e. The minimum absolute atomic E-state index is 0.199. The van der Waals surface area contributed by atoms with E-state index in [1.54, 1.807) is 0 Å². The van der Waals surface area contributed by atoms with Gasteiger partial charge >= 0.3 is 0 Å². The van der Waals surface area contributed by atoms with Crippen molar-refractivity contribution in [2.75, 3.05) is 39.8 Å². The molecule has 0 aliphatic carbocycles. The highest BCUT2D eigenvalue weighted by atomic mass is 16.2. The monoisotopic (exact) mass is 356 g/mol. The largest absolute Gasteiger partial charge is 0.347 e. The number of hydrogen-bond donors (Lipinski definition) is 1. The molecule has 0 radical (unpaired) electrons. The number of carbonyl (C=O) groups excluding carboxylic acids is 1. The third-order valence-electron chi connectivity index (χ3n) is 5.60. The fourth-order valence-corrected chi connectivity index (χ4v) is 4.04. The van der Waals surface area contributed by atoms with Gasteiger partial charge in [0, 0.05) is 33.2 Å². The standard InChI is InChI=1S/C21H32N4O/c1-22-21(23-17-20(26)24-12-6-3-7-13-24)25-14-10-19(11-15-25)16-18-8-4-2-5-9-18/h2,4-5,8-9,19H,3,6-7,10-17H2,1H3,(H,22,23). The summed E-state index contributed by atoms with van der Waals surface area (Å²) in [6.07, 6.45) is 7.03. The van der Waals surface area contributed by atoms with Crippen molar-refractivity contribution in [2.24, 2.45) is 10.9 Å². The first-order valence-electron chi connectivity index (χ1n) is 10.0. The van der Waals surface area contributed by atoms with Crippen molar-refractivity contribution in [1.82, 2.24) is 15.1 Å². The molecule has 142 valence electrons. The van der Waals surface area contributed by atoms with Gasteiger partial charge in [0.1, 0.15) is 0 Å². The van der Waals surface area contributed by atoms with Crippen molar-refractivity contribution < 1.29 is 4.79 Å². The molecular formula is C21H32N4O. The minimum atomic E-state index is 0.199. The van der Waals surface area contributed by atoms with Crippen LogP contribution in [0.25, 0.3) is 0 Å². The number of piperidine rings is 2.